The molecule has 4 atom stereocenters. The van der Waals surface area contributed by atoms with E-state index in [0.717, 1.165) is 0 Å². The number of aromatic nitrogens is 3. The summed E-state index contributed by atoms with van der Waals surface area (Å²) in [6, 6.07) is 0. The van der Waals surface area contributed by atoms with Crippen LogP contribution >= 0.6 is 15.9 Å². The monoisotopic (exact) mass is 402 g/mol. The van der Waals surface area contributed by atoms with Gasteiger partial charge in [-0.2, -0.15) is 0 Å². The average Bonchev–Trinajstić information content (AvgIpc) is 3.02. The van der Waals surface area contributed by atoms with Crippen molar-refractivity contribution in [2.75, 3.05) is 12.3 Å². The predicted molar refractivity (Wildman–Crippen MR) is 85.2 cm³/mol. The maximum absolute atomic E-state index is 10.3. The first-order valence-electron chi connectivity index (χ1n) is 6.82. The highest BCUT2D eigenvalue weighted by Crippen LogP contribution is 2.39. The fraction of sp³-hybridized carbons (Fsp3) is 0.417. The molecule has 3 rings (SSSR count). The van der Waals surface area contributed by atoms with Crippen LogP contribution in [0.25, 0.3) is 11.0 Å². The van der Waals surface area contributed by atoms with Crippen molar-refractivity contribution in [1.82, 2.24) is 14.5 Å². The lowest BCUT2D eigenvalue weighted by atomic mass is 10.1. The van der Waals surface area contributed by atoms with E-state index in [-0.39, 0.29) is 32.9 Å². The van der Waals surface area contributed by atoms with Gasteiger partial charge < -0.3 is 36.7 Å². The Morgan fingerprint density at radius 2 is 2.08 bits per heavy atom. The average molecular weight is 403 g/mol. The molecule has 0 aliphatic carbocycles. The van der Waals surface area contributed by atoms with Crippen molar-refractivity contribution >= 4 is 38.6 Å². The van der Waals surface area contributed by atoms with E-state index >= 15 is 0 Å². The van der Waals surface area contributed by atoms with Crippen LogP contribution in [0.3, 0.4) is 0 Å². The van der Waals surface area contributed by atoms with Gasteiger partial charge in [0, 0.05) is 0 Å². The number of rotatable bonds is 3. The Hall–Kier alpha value is -1.99. The lowest BCUT2D eigenvalue weighted by molar-refractivity contribution is -0.0518. The molecule has 2 aromatic rings. The number of anilines is 1. The number of oxime groups is 1. The molecule has 0 saturated carbocycles. The number of aliphatic hydroxyl groups is 3. The van der Waals surface area contributed by atoms with E-state index in [1.165, 1.54) is 10.9 Å². The minimum atomic E-state index is -1.34. The molecule has 1 aliphatic heterocycles. The maximum atomic E-state index is 10.3. The van der Waals surface area contributed by atoms with Gasteiger partial charge in [0.1, 0.15) is 40.7 Å². The second-order valence-corrected chi connectivity index (χ2v) is 5.96. The number of fused-ring (bicyclic) bond motifs is 1. The molecule has 1 fully saturated rings. The molecular weight excluding hydrogens is 388 g/mol. The molecular formula is C12H15BrN6O5. The number of amidine groups is 1. The van der Waals surface area contributed by atoms with E-state index in [9.17, 15) is 15.3 Å². The third-order valence-electron chi connectivity index (χ3n) is 3.89. The molecule has 0 unspecified atom stereocenters. The van der Waals surface area contributed by atoms with Crippen LogP contribution in [0, 0.1) is 0 Å². The normalized spacial score (nSPS) is 27.9. The number of nitrogens with two attached hydrogens (primary N) is 2. The first kappa shape index (κ1) is 16.9. The summed E-state index contributed by atoms with van der Waals surface area (Å²) >= 11 is 3.30. The number of halogens is 1. The lowest BCUT2D eigenvalue weighted by Crippen LogP contribution is -2.33. The Labute approximate surface area is 143 Å². The zero-order chi connectivity index (χ0) is 17.6. The van der Waals surface area contributed by atoms with Crippen LogP contribution in [0.5, 0.6) is 0 Å². The number of nitrogens with zero attached hydrogens (tertiary/aromatic N) is 4. The predicted octanol–water partition coefficient (Wildman–Crippen LogP) is -1.52. The maximum Gasteiger partial charge on any atom is 0.173 e. The fourth-order valence-electron chi connectivity index (χ4n) is 2.74. The largest absolute Gasteiger partial charge is 0.409 e. The summed E-state index contributed by atoms with van der Waals surface area (Å²) in [5.74, 6) is -0.174. The summed E-state index contributed by atoms with van der Waals surface area (Å²) in [4.78, 5) is 7.99. The molecule has 0 radical (unpaired) electrons. The van der Waals surface area contributed by atoms with Crippen molar-refractivity contribution in [1.29, 1.82) is 0 Å². The molecule has 0 spiro atoms. The first-order chi connectivity index (χ1) is 11.4. The Kier molecular flexibility index (Phi) is 4.31. The van der Waals surface area contributed by atoms with Crippen molar-refractivity contribution in [3.05, 3.63) is 16.5 Å². The van der Waals surface area contributed by atoms with Crippen LogP contribution in [-0.4, -0.2) is 65.8 Å². The van der Waals surface area contributed by atoms with Gasteiger partial charge in [-0.15, -0.1) is 0 Å². The van der Waals surface area contributed by atoms with Crippen LogP contribution in [0.4, 0.5) is 5.82 Å². The molecule has 0 aromatic carbocycles. The minimum Gasteiger partial charge on any atom is -0.409 e. The zero-order valence-electron chi connectivity index (χ0n) is 12.1. The van der Waals surface area contributed by atoms with E-state index in [1.54, 1.807) is 0 Å². The molecule has 1 saturated heterocycles. The number of hydrogen-bond acceptors (Lipinski definition) is 9. The lowest BCUT2D eigenvalue weighted by Gasteiger charge is -2.18. The molecule has 24 heavy (non-hydrogen) atoms. The molecule has 130 valence electrons. The highest BCUT2D eigenvalue weighted by molar-refractivity contribution is 9.10. The van der Waals surface area contributed by atoms with Crippen molar-refractivity contribution in [2.45, 2.75) is 24.5 Å². The van der Waals surface area contributed by atoms with Gasteiger partial charge in [0.25, 0.3) is 0 Å². The smallest absolute Gasteiger partial charge is 0.173 e. The number of hydrogen-bond donors (Lipinski definition) is 6. The van der Waals surface area contributed by atoms with Gasteiger partial charge in [0.05, 0.1) is 17.6 Å². The summed E-state index contributed by atoms with van der Waals surface area (Å²) in [5, 5.41) is 41.7. The summed E-state index contributed by atoms with van der Waals surface area (Å²) in [6.45, 7) is -0.476. The van der Waals surface area contributed by atoms with Crippen LogP contribution < -0.4 is 11.5 Å². The van der Waals surface area contributed by atoms with Gasteiger partial charge in [0.2, 0.25) is 0 Å². The highest BCUT2D eigenvalue weighted by Gasteiger charge is 2.45. The summed E-state index contributed by atoms with van der Waals surface area (Å²) < 4.78 is 7.17. The second kappa shape index (κ2) is 6.14. The second-order valence-electron chi connectivity index (χ2n) is 5.21. The van der Waals surface area contributed by atoms with Gasteiger partial charge >= 0.3 is 0 Å². The molecule has 1 aliphatic rings. The van der Waals surface area contributed by atoms with Crippen LogP contribution in [0.15, 0.2) is 16.1 Å². The Balaban J connectivity index is 2.27. The first-order valence-corrected chi connectivity index (χ1v) is 7.61. The highest BCUT2D eigenvalue weighted by atomic mass is 79.9. The number of aliphatic hydroxyl groups excluding tert-OH is 3. The van der Waals surface area contributed by atoms with E-state index in [4.69, 9.17) is 21.4 Å². The standard InChI is InChI=1S/C12H15BrN6O5/c13-8-4(10(15)18-23)5-9(14)16-2-17-11(5)19(8)12-7(22)6(21)3(1-20)24-12/h2-3,6-7,12,20-23H,1H2,(H2,15,18)(H2,14,16,17)/t3-,6-,7+,12+/m0/s1. The minimum absolute atomic E-state index is 0.0767. The van der Waals surface area contributed by atoms with E-state index in [0.29, 0.717) is 0 Å². The van der Waals surface area contributed by atoms with Gasteiger partial charge in [-0.1, -0.05) is 5.16 Å². The van der Waals surface area contributed by atoms with Crippen LogP contribution in [0.1, 0.15) is 11.8 Å². The third-order valence-corrected chi connectivity index (χ3v) is 4.67. The summed E-state index contributed by atoms with van der Waals surface area (Å²) in [6.07, 6.45) is -3.48. The molecule has 2 aromatic heterocycles. The molecule has 12 heteroatoms. The van der Waals surface area contributed by atoms with Gasteiger partial charge in [-0.25, -0.2) is 9.97 Å². The van der Waals surface area contributed by atoms with Crippen LogP contribution in [0.2, 0.25) is 0 Å². The molecule has 3 heterocycles. The summed E-state index contributed by atoms with van der Waals surface area (Å²) in [7, 11) is 0. The van der Waals surface area contributed by atoms with E-state index < -0.39 is 31.1 Å². The third kappa shape index (κ3) is 2.31. The number of nitrogen functional groups attached to an aromatic ring is 1. The zero-order valence-corrected chi connectivity index (χ0v) is 13.7. The van der Waals surface area contributed by atoms with Gasteiger partial charge in [-0.05, 0) is 15.9 Å². The topological polar surface area (TPSA) is 185 Å². The van der Waals surface area contributed by atoms with Gasteiger partial charge in [-0.3, -0.25) is 4.57 Å². The Morgan fingerprint density at radius 1 is 1.38 bits per heavy atom. The SMILES string of the molecule is NC(=NO)c1c(Br)n([C@@H]2O[C@@H](CO)[C@H](O)[C@H]2O)c2ncnc(N)c12. The molecule has 8 N–H and O–H groups in total. The van der Waals surface area contributed by atoms with Crippen molar-refractivity contribution < 1.29 is 25.3 Å². The quantitative estimate of drug-likeness (QED) is 0.153. The fourth-order valence-corrected chi connectivity index (χ4v) is 3.51. The van der Waals surface area contributed by atoms with E-state index in [1.807, 2.05) is 0 Å². The molecule has 0 amide bonds. The van der Waals surface area contributed by atoms with Crippen molar-refractivity contribution in [3.63, 3.8) is 0 Å². The van der Waals surface area contributed by atoms with Gasteiger partial charge in [0.15, 0.2) is 12.1 Å². The Bertz CT molecular complexity index is 811. The molecule has 0 bridgehead atoms. The molecule has 11 nitrogen and oxygen atoms in total. The number of ether oxygens (including phenoxy) is 1. The van der Waals surface area contributed by atoms with E-state index in [2.05, 4.69) is 31.1 Å². The van der Waals surface area contributed by atoms with Crippen molar-refractivity contribution in [3.8, 4) is 0 Å². The Morgan fingerprint density at radius 3 is 2.67 bits per heavy atom. The van der Waals surface area contributed by atoms with Crippen LogP contribution in [-0.2, 0) is 4.74 Å². The van der Waals surface area contributed by atoms with Crippen molar-refractivity contribution in [2.24, 2.45) is 10.9 Å². The summed E-state index contributed by atoms with van der Waals surface area (Å²) in [5.41, 5.74) is 12.0.